The molecule has 0 bridgehead atoms. The van der Waals surface area contributed by atoms with Gasteiger partial charge >= 0.3 is 0 Å². The third-order valence-electron chi connectivity index (χ3n) is 4.81. The maximum atomic E-state index is 12.5. The third-order valence-corrected chi connectivity index (χ3v) is 5.34. The molecule has 1 aliphatic rings. The van der Waals surface area contributed by atoms with Gasteiger partial charge < -0.3 is 5.32 Å². The summed E-state index contributed by atoms with van der Waals surface area (Å²) in [6, 6.07) is 8.40. The Labute approximate surface area is 157 Å². The Morgan fingerprint density at radius 1 is 1.28 bits per heavy atom. The minimum absolute atomic E-state index is 0.0251. The highest BCUT2D eigenvalue weighted by molar-refractivity contribution is 9.10. The predicted molar refractivity (Wildman–Crippen MR) is 104 cm³/mol. The lowest BCUT2D eigenvalue weighted by molar-refractivity contribution is -0.118. The van der Waals surface area contributed by atoms with Gasteiger partial charge in [-0.1, -0.05) is 47.3 Å². The summed E-state index contributed by atoms with van der Waals surface area (Å²) in [5.41, 5.74) is 2.06. The second-order valence-corrected chi connectivity index (χ2v) is 7.83. The quantitative estimate of drug-likeness (QED) is 0.760. The Kier molecular flexibility index (Phi) is 5.74. The number of halogens is 1. The van der Waals surface area contributed by atoms with Crippen LogP contribution in [-0.4, -0.2) is 21.2 Å². The van der Waals surface area contributed by atoms with Crippen LogP contribution in [0.2, 0.25) is 0 Å². The molecule has 0 spiro atoms. The second-order valence-electron chi connectivity index (χ2n) is 6.91. The van der Waals surface area contributed by atoms with Gasteiger partial charge in [0.2, 0.25) is 5.91 Å². The smallest absolute Gasteiger partial charge is 0.244 e. The molecule has 132 valence electrons. The molecule has 1 aromatic heterocycles. The van der Waals surface area contributed by atoms with Gasteiger partial charge in [-0.25, -0.2) is 0 Å². The predicted octanol–water partition coefficient (Wildman–Crippen LogP) is 4.26. The van der Waals surface area contributed by atoms with Crippen molar-refractivity contribution in [2.45, 2.75) is 44.1 Å². The van der Waals surface area contributed by atoms with Crippen molar-refractivity contribution in [3.8, 4) is 0 Å². The zero-order chi connectivity index (χ0) is 17.7. The van der Waals surface area contributed by atoms with Crippen LogP contribution >= 0.6 is 15.9 Å². The SMILES string of the molecule is Cn1cc(/C=C/C(=O)NC2(Cc3ccc(Br)cc3)CCCCC2)cn1. The van der Waals surface area contributed by atoms with Gasteiger partial charge in [0.25, 0.3) is 0 Å². The van der Waals surface area contributed by atoms with Crippen LogP contribution in [0.4, 0.5) is 0 Å². The van der Waals surface area contributed by atoms with E-state index in [4.69, 9.17) is 0 Å². The lowest BCUT2D eigenvalue weighted by atomic mass is 9.77. The van der Waals surface area contributed by atoms with Gasteiger partial charge in [0.15, 0.2) is 0 Å². The molecule has 1 saturated carbocycles. The molecule has 0 saturated heterocycles. The molecule has 25 heavy (non-hydrogen) atoms. The fourth-order valence-electron chi connectivity index (χ4n) is 3.57. The number of benzene rings is 1. The zero-order valence-electron chi connectivity index (χ0n) is 14.5. The molecule has 0 aliphatic heterocycles. The summed E-state index contributed by atoms with van der Waals surface area (Å²) in [7, 11) is 1.87. The Hall–Kier alpha value is -1.88. The lowest BCUT2D eigenvalue weighted by Gasteiger charge is -2.38. The first kappa shape index (κ1) is 17.9. The van der Waals surface area contributed by atoms with E-state index in [0.29, 0.717) is 0 Å². The number of carbonyl (C=O) groups is 1. The molecular formula is C20H24BrN3O. The van der Waals surface area contributed by atoms with E-state index in [1.807, 2.05) is 19.3 Å². The van der Waals surface area contributed by atoms with E-state index < -0.39 is 0 Å². The molecule has 1 aromatic carbocycles. The summed E-state index contributed by atoms with van der Waals surface area (Å²) in [6.07, 6.45) is 13.6. The average Bonchev–Trinajstić information content (AvgIpc) is 3.01. The van der Waals surface area contributed by atoms with E-state index in [9.17, 15) is 4.79 Å². The van der Waals surface area contributed by atoms with Crippen LogP contribution in [0.25, 0.3) is 6.08 Å². The molecule has 3 rings (SSSR count). The summed E-state index contributed by atoms with van der Waals surface area (Å²) in [5, 5.41) is 7.42. The minimum Gasteiger partial charge on any atom is -0.347 e. The Bertz CT molecular complexity index is 743. The summed E-state index contributed by atoms with van der Waals surface area (Å²) in [6.45, 7) is 0. The molecule has 1 heterocycles. The van der Waals surface area contributed by atoms with E-state index in [1.165, 1.54) is 24.8 Å². The second kappa shape index (κ2) is 8.00. The fourth-order valence-corrected chi connectivity index (χ4v) is 3.83. The lowest BCUT2D eigenvalue weighted by Crippen LogP contribution is -2.50. The van der Waals surface area contributed by atoms with Gasteiger partial charge in [0.05, 0.1) is 6.20 Å². The molecule has 1 fully saturated rings. The van der Waals surface area contributed by atoms with Gasteiger partial charge in [-0.05, 0) is 43.0 Å². The van der Waals surface area contributed by atoms with Crippen molar-refractivity contribution in [3.63, 3.8) is 0 Å². The third kappa shape index (κ3) is 5.05. The minimum atomic E-state index is -0.136. The van der Waals surface area contributed by atoms with E-state index in [-0.39, 0.29) is 11.4 Å². The Morgan fingerprint density at radius 2 is 2.00 bits per heavy atom. The number of aryl methyl sites for hydroxylation is 1. The maximum Gasteiger partial charge on any atom is 0.244 e. The van der Waals surface area contributed by atoms with E-state index >= 15 is 0 Å². The van der Waals surface area contributed by atoms with E-state index in [0.717, 1.165) is 29.3 Å². The van der Waals surface area contributed by atoms with Gasteiger partial charge in [-0.3, -0.25) is 9.48 Å². The highest BCUT2D eigenvalue weighted by atomic mass is 79.9. The van der Waals surface area contributed by atoms with E-state index in [1.54, 1.807) is 17.0 Å². The number of aromatic nitrogens is 2. The first-order chi connectivity index (χ1) is 12.0. The molecule has 1 amide bonds. The highest BCUT2D eigenvalue weighted by Crippen LogP contribution is 2.31. The molecule has 5 heteroatoms. The van der Waals surface area contributed by atoms with Crippen molar-refractivity contribution in [1.82, 2.24) is 15.1 Å². The molecule has 0 atom stereocenters. The highest BCUT2D eigenvalue weighted by Gasteiger charge is 2.33. The standard InChI is InChI=1S/C20H24BrN3O/c1-24-15-17(14-22-24)7-10-19(25)23-20(11-3-2-4-12-20)13-16-5-8-18(21)9-6-16/h5-10,14-15H,2-4,11-13H2,1H3,(H,23,25)/b10-7+. The molecular weight excluding hydrogens is 378 g/mol. The van der Waals surface area contributed by atoms with Crippen LogP contribution in [0, 0.1) is 0 Å². The molecule has 1 aliphatic carbocycles. The largest absolute Gasteiger partial charge is 0.347 e. The van der Waals surface area contributed by atoms with Crippen molar-refractivity contribution in [2.75, 3.05) is 0 Å². The molecule has 0 unspecified atom stereocenters. The summed E-state index contributed by atoms with van der Waals surface area (Å²) >= 11 is 3.48. The monoisotopic (exact) mass is 401 g/mol. The number of carbonyl (C=O) groups excluding carboxylic acids is 1. The van der Waals surface area contributed by atoms with Crippen LogP contribution < -0.4 is 5.32 Å². The number of hydrogen-bond donors (Lipinski definition) is 1. The zero-order valence-corrected chi connectivity index (χ0v) is 16.1. The van der Waals surface area contributed by atoms with E-state index in [2.05, 4.69) is 50.6 Å². The number of amides is 1. The first-order valence-electron chi connectivity index (χ1n) is 8.78. The Morgan fingerprint density at radius 3 is 2.64 bits per heavy atom. The summed E-state index contributed by atoms with van der Waals surface area (Å²) in [5.74, 6) is -0.0251. The summed E-state index contributed by atoms with van der Waals surface area (Å²) in [4.78, 5) is 12.5. The van der Waals surface area contributed by atoms with Crippen molar-refractivity contribution in [2.24, 2.45) is 7.05 Å². The van der Waals surface area contributed by atoms with Gasteiger partial charge in [-0.2, -0.15) is 5.10 Å². The number of nitrogens with one attached hydrogen (secondary N) is 1. The number of hydrogen-bond acceptors (Lipinski definition) is 2. The van der Waals surface area contributed by atoms with Gasteiger partial charge in [0, 0.05) is 34.9 Å². The molecule has 1 N–H and O–H groups in total. The molecule has 2 aromatic rings. The van der Waals surface area contributed by atoms with Crippen molar-refractivity contribution in [3.05, 3.63) is 58.3 Å². The first-order valence-corrected chi connectivity index (χ1v) is 9.57. The number of nitrogens with zero attached hydrogens (tertiary/aromatic N) is 2. The number of rotatable bonds is 5. The normalized spacial score (nSPS) is 16.9. The van der Waals surface area contributed by atoms with Crippen LogP contribution in [0.3, 0.4) is 0 Å². The molecule has 0 radical (unpaired) electrons. The summed E-state index contributed by atoms with van der Waals surface area (Å²) < 4.78 is 2.81. The fraction of sp³-hybridized carbons (Fsp3) is 0.400. The van der Waals surface area contributed by atoms with Crippen LogP contribution in [0.5, 0.6) is 0 Å². The van der Waals surface area contributed by atoms with Crippen LogP contribution in [0.15, 0.2) is 47.2 Å². The van der Waals surface area contributed by atoms with Crippen LogP contribution in [-0.2, 0) is 18.3 Å². The maximum absolute atomic E-state index is 12.5. The van der Waals surface area contributed by atoms with Crippen molar-refractivity contribution >= 4 is 27.9 Å². The van der Waals surface area contributed by atoms with Gasteiger partial charge in [0.1, 0.15) is 0 Å². The van der Waals surface area contributed by atoms with Crippen molar-refractivity contribution < 1.29 is 4.79 Å². The van der Waals surface area contributed by atoms with Gasteiger partial charge in [-0.15, -0.1) is 0 Å². The average molecular weight is 402 g/mol. The molecule has 4 nitrogen and oxygen atoms in total. The van der Waals surface area contributed by atoms with Crippen LogP contribution in [0.1, 0.15) is 43.2 Å². The van der Waals surface area contributed by atoms with Crippen molar-refractivity contribution in [1.29, 1.82) is 0 Å². The topological polar surface area (TPSA) is 46.9 Å². The Balaban J connectivity index is 1.70.